The zero-order chi connectivity index (χ0) is 33.0. The molecular weight excluding hydrogens is 713 g/mol. The molecule has 2 aromatic rings. The van der Waals surface area contributed by atoms with Crippen molar-refractivity contribution in [2.75, 3.05) is 0 Å². The Balaban J connectivity index is 0.000000262. The molecule has 0 aliphatic heterocycles. The predicted octanol–water partition coefficient (Wildman–Crippen LogP) is 7.89. The zero-order valence-corrected chi connectivity index (χ0v) is 32.7. The van der Waals surface area contributed by atoms with Crippen molar-refractivity contribution in [3.63, 3.8) is 0 Å². The predicted molar refractivity (Wildman–Crippen MR) is 198 cm³/mol. The van der Waals surface area contributed by atoms with Gasteiger partial charge in [0, 0.05) is 27.8 Å². The first kappa shape index (κ1) is 42.1. The summed E-state index contributed by atoms with van der Waals surface area (Å²) >= 11 is 0. The molecule has 264 valence electrons. The SMILES string of the molecule is CC(=O)[O-].CC(=O)[O-].[Pd+2].c1ccc([PH+](C2CCCCC2)C2CCCCC2)cc1.c1ccc([PH+](C2CCCCC2)C2CCCCC2)cc1. The maximum absolute atomic E-state index is 8.89. The summed E-state index contributed by atoms with van der Waals surface area (Å²) in [7, 11) is -0.647. The van der Waals surface area contributed by atoms with E-state index in [1.165, 1.54) is 128 Å². The summed E-state index contributed by atoms with van der Waals surface area (Å²) in [6.07, 6.45) is 30.2. The first-order valence-electron chi connectivity index (χ1n) is 18.6. The fourth-order valence-corrected chi connectivity index (χ4v) is 17.0. The molecule has 4 nitrogen and oxygen atoms in total. The van der Waals surface area contributed by atoms with Crippen molar-refractivity contribution >= 4 is 38.4 Å². The fraction of sp³-hybridized carbons (Fsp3) is 0.650. The Morgan fingerprint density at radius 3 is 0.830 bits per heavy atom. The standard InChI is InChI=1S/2C18H27P.2C2H4O2.Pd/c2*1-4-10-16(11-5-1)19(17-12-6-2-7-13-17)18-14-8-3-9-15-18;2*1-2(3)4;/h2*1,4-5,10-11,17-18H,2-3,6-9,12-15H2;2*1H3,(H,3,4);/q;;;;+2. The van der Waals surface area contributed by atoms with Crippen LogP contribution < -0.4 is 20.8 Å². The summed E-state index contributed by atoms with van der Waals surface area (Å²) < 4.78 is 0. The quantitative estimate of drug-likeness (QED) is 0.221. The van der Waals surface area contributed by atoms with Gasteiger partial charge in [-0.3, -0.25) is 0 Å². The van der Waals surface area contributed by atoms with E-state index in [0.717, 1.165) is 36.5 Å². The van der Waals surface area contributed by atoms with Gasteiger partial charge >= 0.3 is 20.4 Å². The second-order valence-corrected chi connectivity index (χ2v) is 20.2. The van der Waals surface area contributed by atoms with E-state index < -0.39 is 11.9 Å². The van der Waals surface area contributed by atoms with Gasteiger partial charge in [-0.2, -0.15) is 0 Å². The molecule has 7 heteroatoms. The van der Waals surface area contributed by atoms with E-state index >= 15 is 0 Å². The Hall–Kier alpha value is -1.10. The Morgan fingerprint density at radius 1 is 0.447 bits per heavy atom. The fourth-order valence-electron chi connectivity index (χ4n) is 8.53. The van der Waals surface area contributed by atoms with Crippen molar-refractivity contribution in [3.05, 3.63) is 60.7 Å². The number of hydrogen-bond acceptors (Lipinski definition) is 4. The van der Waals surface area contributed by atoms with Crippen LogP contribution in [0.3, 0.4) is 0 Å². The first-order chi connectivity index (χ1) is 22.4. The Labute approximate surface area is 302 Å². The molecule has 0 heterocycles. The minimum atomic E-state index is -1.08. The van der Waals surface area contributed by atoms with Gasteiger partial charge in [-0.15, -0.1) is 0 Å². The number of carboxylic acid groups (broad SMARTS) is 2. The van der Waals surface area contributed by atoms with Gasteiger partial charge in [0.05, 0.1) is 33.2 Å². The number of rotatable bonds is 6. The molecule has 2 aromatic carbocycles. The minimum absolute atomic E-state index is 0. The van der Waals surface area contributed by atoms with E-state index in [1.807, 2.05) is 0 Å². The molecule has 0 unspecified atom stereocenters. The first-order valence-corrected chi connectivity index (χ1v) is 21.9. The van der Waals surface area contributed by atoms with E-state index in [9.17, 15) is 0 Å². The van der Waals surface area contributed by atoms with Gasteiger partial charge in [-0.25, -0.2) is 0 Å². The van der Waals surface area contributed by atoms with Crippen molar-refractivity contribution in [2.45, 2.75) is 165 Å². The van der Waals surface area contributed by atoms with Gasteiger partial charge in [0.15, 0.2) is 0 Å². The largest absolute Gasteiger partial charge is 2.00 e. The van der Waals surface area contributed by atoms with Crippen LogP contribution in [0.5, 0.6) is 0 Å². The van der Waals surface area contributed by atoms with Crippen LogP contribution in [0.1, 0.15) is 142 Å². The summed E-state index contributed by atoms with van der Waals surface area (Å²) in [5, 5.41) is 21.3. The topological polar surface area (TPSA) is 80.3 Å². The molecule has 47 heavy (non-hydrogen) atoms. The van der Waals surface area contributed by atoms with Crippen molar-refractivity contribution in [1.29, 1.82) is 0 Å². The molecule has 0 radical (unpaired) electrons. The molecule has 0 amide bonds. The molecule has 4 aliphatic carbocycles. The minimum Gasteiger partial charge on any atom is -0.550 e. The summed E-state index contributed by atoms with van der Waals surface area (Å²) in [6, 6.07) is 23.2. The van der Waals surface area contributed by atoms with Gasteiger partial charge in [0.25, 0.3) is 0 Å². The van der Waals surface area contributed by atoms with E-state index in [4.69, 9.17) is 19.8 Å². The molecule has 4 aliphatic rings. The van der Waals surface area contributed by atoms with Crippen molar-refractivity contribution < 1.29 is 40.2 Å². The number of aliphatic carboxylic acids is 2. The second kappa shape index (κ2) is 24.9. The van der Waals surface area contributed by atoms with Crippen LogP contribution in [0.25, 0.3) is 0 Å². The van der Waals surface area contributed by atoms with Gasteiger partial charge in [0.2, 0.25) is 0 Å². The molecule has 0 bridgehead atoms. The molecule has 4 fully saturated rings. The molecule has 0 spiro atoms. The molecule has 0 saturated heterocycles. The van der Waals surface area contributed by atoms with Crippen LogP contribution in [0.15, 0.2) is 60.7 Å². The zero-order valence-electron chi connectivity index (χ0n) is 29.2. The average molecular weight is 775 g/mol. The Bertz CT molecular complexity index is 946. The number of carboxylic acids is 2. The van der Waals surface area contributed by atoms with Gasteiger partial charge < -0.3 is 19.8 Å². The van der Waals surface area contributed by atoms with Gasteiger partial charge in [-0.05, 0) is 141 Å². The third-order valence-electron chi connectivity index (χ3n) is 10.4. The number of carbonyl (C=O) groups excluding carboxylic acids is 2. The number of benzene rings is 2. The average Bonchev–Trinajstić information content (AvgIpc) is 3.08. The third-order valence-corrected chi connectivity index (χ3v) is 18.2. The van der Waals surface area contributed by atoms with E-state index in [0.29, 0.717) is 0 Å². The molecule has 0 N–H and O–H groups in total. The van der Waals surface area contributed by atoms with Crippen LogP contribution in [0, 0.1) is 0 Å². The molecule has 0 atom stereocenters. The van der Waals surface area contributed by atoms with Crippen LogP contribution in [0.4, 0.5) is 0 Å². The summed E-state index contributed by atoms with van der Waals surface area (Å²) in [4.78, 5) is 17.8. The smallest absolute Gasteiger partial charge is 0.550 e. The van der Waals surface area contributed by atoms with Crippen LogP contribution in [-0.4, -0.2) is 34.6 Å². The Kier molecular flexibility index (Phi) is 22.3. The summed E-state index contributed by atoms with van der Waals surface area (Å²) in [6.45, 7) is 1.94. The van der Waals surface area contributed by atoms with E-state index in [-0.39, 0.29) is 36.3 Å². The van der Waals surface area contributed by atoms with Crippen molar-refractivity contribution in [2.24, 2.45) is 0 Å². The van der Waals surface area contributed by atoms with Gasteiger partial charge in [-0.1, -0.05) is 62.1 Å². The summed E-state index contributed by atoms with van der Waals surface area (Å²) in [5.41, 5.74) is 4.29. The molecule has 6 rings (SSSR count). The Morgan fingerprint density at radius 2 is 0.638 bits per heavy atom. The van der Waals surface area contributed by atoms with E-state index in [1.54, 1.807) is 10.6 Å². The molecular formula is C40H62O4P2Pd+2. The maximum atomic E-state index is 8.89. The van der Waals surface area contributed by atoms with Gasteiger partial charge in [0.1, 0.15) is 0 Å². The van der Waals surface area contributed by atoms with Crippen molar-refractivity contribution in [3.8, 4) is 0 Å². The number of carbonyl (C=O) groups is 2. The number of hydrogen-bond donors (Lipinski definition) is 0. The second-order valence-electron chi connectivity index (χ2n) is 14.0. The summed E-state index contributed by atoms with van der Waals surface area (Å²) in [5.74, 6) is -2.17. The monoisotopic (exact) mass is 774 g/mol. The maximum Gasteiger partial charge on any atom is 2.00 e. The third kappa shape index (κ3) is 16.4. The van der Waals surface area contributed by atoms with Crippen molar-refractivity contribution in [1.82, 2.24) is 0 Å². The van der Waals surface area contributed by atoms with Crippen LogP contribution in [-0.2, 0) is 30.0 Å². The van der Waals surface area contributed by atoms with E-state index in [2.05, 4.69) is 60.7 Å². The normalized spacial score (nSPS) is 19.5. The molecule has 0 aromatic heterocycles. The van der Waals surface area contributed by atoms with Crippen LogP contribution in [0.2, 0.25) is 0 Å². The van der Waals surface area contributed by atoms with Crippen LogP contribution >= 0.6 is 15.8 Å². The molecule has 4 saturated carbocycles.